The minimum atomic E-state index is -0.772. The predicted molar refractivity (Wildman–Crippen MR) is 348 cm³/mol. The molecule has 79 heavy (non-hydrogen) atoms. The second-order valence-corrected chi connectivity index (χ2v) is 24.7. The summed E-state index contributed by atoms with van der Waals surface area (Å²) in [6.07, 6.45) is 93.4. The van der Waals surface area contributed by atoms with Crippen molar-refractivity contribution < 1.29 is 24.2 Å². The summed E-state index contributed by atoms with van der Waals surface area (Å²) in [6.45, 7) is 4.19. The molecule has 0 amide bonds. The zero-order chi connectivity index (χ0) is 56.9. The Balaban J connectivity index is 3.37. The van der Waals surface area contributed by atoms with Crippen molar-refractivity contribution in [2.24, 2.45) is 0 Å². The number of carbonyl (C=O) groups excluding carboxylic acids is 2. The molecule has 0 aliphatic carbocycles. The van der Waals surface area contributed by atoms with Crippen LogP contribution in [0.4, 0.5) is 0 Å². The zero-order valence-electron chi connectivity index (χ0n) is 53.7. The Bertz CT molecular complexity index is 1260. The van der Waals surface area contributed by atoms with E-state index in [1.54, 1.807) is 0 Å². The van der Waals surface area contributed by atoms with Gasteiger partial charge in [0.1, 0.15) is 6.61 Å². The first-order chi connectivity index (χ1) is 39.1. The summed E-state index contributed by atoms with van der Waals surface area (Å²) in [5, 5.41) is 9.70. The molecule has 1 N–H and O–H groups in total. The fourth-order valence-corrected chi connectivity index (χ4v) is 11.3. The van der Waals surface area contributed by atoms with Gasteiger partial charge in [0.05, 0.1) is 6.61 Å². The molecular formula is C74H140O5. The number of carbonyl (C=O) groups is 2. The fraction of sp³-hybridized carbons (Fsp3) is 0.892. The maximum absolute atomic E-state index is 12.4. The lowest BCUT2D eigenvalue weighted by atomic mass is 10.0. The standard InChI is InChI=1S/C74H140O5/c1-3-5-7-9-11-13-15-17-19-21-23-25-27-29-31-32-33-34-35-36-37-38-39-40-41-43-44-46-48-50-52-54-56-58-60-62-64-66-68-73(76)78-71-72(70-75)79-74(77)69-67-65-63-61-59-57-55-53-51-49-47-45-42-30-28-26-24-22-20-18-16-14-12-10-8-6-4-2/h16,18,22,24,28,30,72,75H,3-15,17,19-21,23,25-27,29,31-71H2,1-2H3/b18-16-,24-22-,30-28-. The van der Waals surface area contributed by atoms with Crippen LogP contribution in [0, 0.1) is 0 Å². The highest BCUT2D eigenvalue weighted by Crippen LogP contribution is 2.19. The summed E-state index contributed by atoms with van der Waals surface area (Å²) in [6, 6.07) is 0. The van der Waals surface area contributed by atoms with Crippen LogP contribution in [0.1, 0.15) is 406 Å². The Morgan fingerprint density at radius 1 is 0.291 bits per heavy atom. The number of hydrogen-bond acceptors (Lipinski definition) is 5. The Hall–Kier alpha value is -1.88. The molecule has 5 nitrogen and oxygen atoms in total. The lowest BCUT2D eigenvalue weighted by molar-refractivity contribution is -0.161. The summed E-state index contributed by atoms with van der Waals surface area (Å²) < 4.78 is 10.8. The molecule has 0 fully saturated rings. The van der Waals surface area contributed by atoms with E-state index in [4.69, 9.17) is 9.47 Å². The van der Waals surface area contributed by atoms with Gasteiger partial charge in [0.15, 0.2) is 6.10 Å². The smallest absolute Gasteiger partial charge is 0.306 e. The van der Waals surface area contributed by atoms with Crippen molar-refractivity contribution in [1.82, 2.24) is 0 Å². The van der Waals surface area contributed by atoms with Crippen LogP contribution in [0.5, 0.6) is 0 Å². The van der Waals surface area contributed by atoms with Crippen molar-refractivity contribution in [2.45, 2.75) is 412 Å². The summed E-state index contributed by atoms with van der Waals surface area (Å²) >= 11 is 0. The third-order valence-electron chi connectivity index (χ3n) is 16.7. The minimum absolute atomic E-state index is 0.0614. The second kappa shape index (κ2) is 70.4. The fourth-order valence-electron chi connectivity index (χ4n) is 11.3. The number of ether oxygens (including phenoxy) is 2. The lowest BCUT2D eigenvalue weighted by Gasteiger charge is -2.15. The largest absolute Gasteiger partial charge is 0.462 e. The molecule has 0 aliphatic heterocycles. The van der Waals surface area contributed by atoms with Gasteiger partial charge in [-0.05, 0) is 51.4 Å². The zero-order valence-corrected chi connectivity index (χ0v) is 53.7. The molecule has 0 aromatic rings. The van der Waals surface area contributed by atoms with Gasteiger partial charge in [0.2, 0.25) is 0 Å². The Labute approximate surface area is 495 Å². The highest BCUT2D eigenvalue weighted by Gasteiger charge is 2.16. The summed E-state index contributed by atoms with van der Waals surface area (Å²) in [5.74, 6) is -0.571. The average molecular weight is 1110 g/mol. The van der Waals surface area contributed by atoms with Crippen LogP contribution >= 0.6 is 0 Å². The molecule has 0 heterocycles. The second-order valence-electron chi connectivity index (χ2n) is 24.7. The molecule has 0 aliphatic rings. The number of allylic oxidation sites excluding steroid dienone is 6. The summed E-state index contributed by atoms with van der Waals surface area (Å²) in [5.41, 5.74) is 0. The van der Waals surface area contributed by atoms with Gasteiger partial charge in [0.25, 0.3) is 0 Å². The average Bonchev–Trinajstić information content (AvgIpc) is 3.45. The van der Waals surface area contributed by atoms with Crippen LogP contribution in [-0.4, -0.2) is 36.4 Å². The van der Waals surface area contributed by atoms with E-state index >= 15 is 0 Å². The van der Waals surface area contributed by atoms with Gasteiger partial charge < -0.3 is 14.6 Å². The molecule has 0 aromatic carbocycles. The van der Waals surface area contributed by atoms with E-state index in [0.29, 0.717) is 12.8 Å². The molecule has 0 radical (unpaired) electrons. The Morgan fingerprint density at radius 3 is 0.759 bits per heavy atom. The highest BCUT2D eigenvalue weighted by molar-refractivity contribution is 5.70. The van der Waals surface area contributed by atoms with Gasteiger partial charge in [-0.25, -0.2) is 0 Å². The predicted octanol–water partition coefficient (Wildman–Crippen LogP) is 24.9. The Morgan fingerprint density at radius 2 is 0.506 bits per heavy atom. The lowest BCUT2D eigenvalue weighted by Crippen LogP contribution is -2.28. The van der Waals surface area contributed by atoms with Crippen LogP contribution in [0.2, 0.25) is 0 Å². The first-order valence-electron chi connectivity index (χ1n) is 36.0. The van der Waals surface area contributed by atoms with Crippen LogP contribution in [0.15, 0.2) is 36.5 Å². The number of rotatable bonds is 68. The SMILES string of the molecule is CCCCCCC/C=C\C/C=C\C/C=C\CCCCCCCCCCCCCCC(=O)OC(CO)COC(=O)CCCCCCCCCCCCCCCCCCCCCCCCCCCCCCCCCCCCCCCC. The van der Waals surface area contributed by atoms with Crippen molar-refractivity contribution in [3.8, 4) is 0 Å². The molecule has 0 rings (SSSR count). The minimum Gasteiger partial charge on any atom is -0.462 e. The molecule has 5 heteroatoms. The summed E-state index contributed by atoms with van der Waals surface area (Å²) in [4.78, 5) is 24.6. The van der Waals surface area contributed by atoms with Gasteiger partial charge in [-0.3, -0.25) is 9.59 Å². The van der Waals surface area contributed by atoms with Crippen molar-refractivity contribution >= 4 is 11.9 Å². The molecule has 1 unspecified atom stereocenters. The monoisotopic (exact) mass is 1110 g/mol. The number of aliphatic hydroxyl groups is 1. The van der Waals surface area contributed by atoms with Gasteiger partial charge in [0, 0.05) is 12.8 Å². The van der Waals surface area contributed by atoms with Crippen molar-refractivity contribution in [3.63, 3.8) is 0 Å². The highest BCUT2D eigenvalue weighted by atomic mass is 16.6. The van der Waals surface area contributed by atoms with Gasteiger partial charge in [-0.15, -0.1) is 0 Å². The topological polar surface area (TPSA) is 72.8 Å². The number of esters is 2. The molecule has 0 aromatic heterocycles. The third-order valence-corrected chi connectivity index (χ3v) is 16.7. The maximum Gasteiger partial charge on any atom is 0.306 e. The van der Waals surface area contributed by atoms with Crippen LogP contribution in [0.3, 0.4) is 0 Å². The first-order valence-corrected chi connectivity index (χ1v) is 36.0. The van der Waals surface area contributed by atoms with Crippen LogP contribution < -0.4 is 0 Å². The molecule has 0 spiro atoms. The molecule has 1 atom stereocenters. The van der Waals surface area contributed by atoms with Crippen molar-refractivity contribution in [2.75, 3.05) is 13.2 Å². The van der Waals surface area contributed by atoms with Crippen molar-refractivity contribution in [1.29, 1.82) is 0 Å². The van der Waals surface area contributed by atoms with E-state index in [9.17, 15) is 14.7 Å². The molecular weight excluding hydrogens is 969 g/mol. The normalized spacial score (nSPS) is 12.3. The number of hydrogen-bond donors (Lipinski definition) is 1. The molecule has 0 saturated heterocycles. The van der Waals surface area contributed by atoms with E-state index in [1.165, 1.54) is 334 Å². The number of aliphatic hydroxyl groups excluding tert-OH is 1. The molecule has 0 bridgehead atoms. The Kier molecular flexibility index (Phi) is 68.7. The van der Waals surface area contributed by atoms with E-state index in [1.807, 2.05) is 0 Å². The third kappa shape index (κ3) is 68.5. The maximum atomic E-state index is 12.4. The van der Waals surface area contributed by atoms with Gasteiger partial charge in [-0.2, -0.15) is 0 Å². The van der Waals surface area contributed by atoms with Crippen LogP contribution in [-0.2, 0) is 19.1 Å². The van der Waals surface area contributed by atoms with Crippen molar-refractivity contribution in [3.05, 3.63) is 36.5 Å². The molecule has 466 valence electrons. The first kappa shape index (κ1) is 77.1. The van der Waals surface area contributed by atoms with E-state index in [0.717, 1.165) is 44.9 Å². The number of unbranched alkanes of at least 4 members (excludes halogenated alkanes) is 54. The summed E-state index contributed by atoms with van der Waals surface area (Å²) in [7, 11) is 0. The van der Waals surface area contributed by atoms with Gasteiger partial charge in [-0.1, -0.05) is 378 Å². The molecule has 0 saturated carbocycles. The van der Waals surface area contributed by atoms with E-state index in [2.05, 4.69) is 50.3 Å². The van der Waals surface area contributed by atoms with Crippen LogP contribution in [0.25, 0.3) is 0 Å². The van der Waals surface area contributed by atoms with E-state index < -0.39 is 6.10 Å². The van der Waals surface area contributed by atoms with Gasteiger partial charge >= 0.3 is 11.9 Å². The quantitative estimate of drug-likeness (QED) is 0.0373. The van der Waals surface area contributed by atoms with E-state index in [-0.39, 0.29) is 25.2 Å².